The van der Waals surface area contributed by atoms with Gasteiger partial charge in [-0.2, -0.15) is 4.98 Å². The molecule has 2 aromatic carbocycles. The van der Waals surface area contributed by atoms with Gasteiger partial charge in [0.25, 0.3) is 0 Å². The Hall–Kier alpha value is -2.66. The maximum atomic E-state index is 5.43. The van der Waals surface area contributed by atoms with Crippen LogP contribution in [0.15, 0.2) is 53.1 Å². The van der Waals surface area contributed by atoms with Gasteiger partial charge >= 0.3 is 0 Å². The lowest BCUT2D eigenvalue weighted by atomic mass is 10.1. The maximum Gasteiger partial charge on any atom is 0.245 e. The Morgan fingerprint density at radius 2 is 1.86 bits per heavy atom. The molecule has 1 atom stereocenters. The summed E-state index contributed by atoms with van der Waals surface area (Å²) in [5, 5.41) is 7.62. The van der Waals surface area contributed by atoms with E-state index in [1.165, 1.54) is 22.4 Å². The predicted molar refractivity (Wildman–Crippen MR) is 111 cm³/mol. The zero-order chi connectivity index (χ0) is 19.5. The second-order valence-corrected chi connectivity index (χ2v) is 7.95. The van der Waals surface area contributed by atoms with Crippen LogP contribution in [0.3, 0.4) is 0 Å². The van der Waals surface area contributed by atoms with Gasteiger partial charge in [-0.3, -0.25) is 4.90 Å². The van der Waals surface area contributed by atoms with Crippen LogP contribution in [0.2, 0.25) is 0 Å². The van der Waals surface area contributed by atoms with E-state index in [1.54, 1.807) is 0 Å². The highest BCUT2D eigenvalue weighted by Crippen LogP contribution is 2.32. The monoisotopic (exact) mass is 376 g/mol. The molecule has 0 fully saturated rings. The highest BCUT2D eigenvalue weighted by molar-refractivity contribution is 5.56. The molecule has 1 unspecified atom stereocenters. The largest absolute Gasteiger partial charge is 0.376 e. The van der Waals surface area contributed by atoms with Crippen LogP contribution in [0.25, 0.3) is 0 Å². The lowest BCUT2D eigenvalue weighted by molar-refractivity contribution is 0.170. The van der Waals surface area contributed by atoms with Crippen LogP contribution in [0, 0.1) is 5.92 Å². The van der Waals surface area contributed by atoms with Crippen LogP contribution in [0.5, 0.6) is 0 Å². The fourth-order valence-corrected chi connectivity index (χ4v) is 3.71. The first kappa shape index (κ1) is 18.7. The van der Waals surface area contributed by atoms with E-state index in [0.717, 1.165) is 18.9 Å². The van der Waals surface area contributed by atoms with E-state index in [9.17, 15) is 0 Å². The first-order valence-corrected chi connectivity index (χ1v) is 10.0. The minimum atomic E-state index is 0.540. The molecule has 5 heteroatoms. The summed E-state index contributed by atoms with van der Waals surface area (Å²) in [5.74, 6) is 1.99. The minimum Gasteiger partial charge on any atom is -0.376 e. The molecular weight excluding hydrogens is 348 g/mol. The van der Waals surface area contributed by atoms with Crippen molar-refractivity contribution in [1.29, 1.82) is 0 Å². The summed E-state index contributed by atoms with van der Waals surface area (Å²) in [6.07, 6.45) is 0.688. The molecule has 146 valence electrons. The summed E-state index contributed by atoms with van der Waals surface area (Å²) in [6.45, 7) is 9.44. The zero-order valence-electron chi connectivity index (χ0n) is 16.9. The molecule has 0 saturated carbocycles. The summed E-state index contributed by atoms with van der Waals surface area (Å²) in [6, 6.07) is 17.3. The lowest BCUT2D eigenvalue weighted by Gasteiger charge is -2.27. The van der Waals surface area contributed by atoms with Crippen LogP contribution in [-0.2, 0) is 26.1 Å². The van der Waals surface area contributed by atoms with Crippen molar-refractivity contribution in [3.05, 3.63) is 76.9 Å². The van der Waals surface area contributed by atoms with Gasteiger partial charge in [0.05, 0.1) is 6.54 Å². The van der Waals surface area contributed by atoms with E-state index in [0.29, 0.717) is 30.8 Å². The molecule has 1 aliphatic rings. The summed E-state index contributed by atoms with van der Waals surface area (Å²) in [7, 11) is 0. The van der Waals surface area contributed by atoms with Gasteiger partial charge in [-0.05, 0) is 35.6 Å². The second kappa shape index (κ2) is 8.15. The molecular formula is C23H28N4O. The number of nitrogens with zero attached hydrogens (tertiary/aromatic N) is 3. The molecule has 1 aliphatic heterocycles. The fourth-order valence-electron chi connectivity index (χ4n) is 3.71. The molecule has 2 heterocycles. The number of anilines is 1. The average molecular weight is 377 g/mol. The summed E-state index contributed by atoms with van der Waals surface area (Å²) < 4.78 is 5.43. The van der Waals surface area contributed by atoms with Crippen molar-refractivity contribution >= 4 is 5.69 Å². The van der Waals surface area contributed by atoms with Gasteiger partial charge in [0, 0.05) is 31.2 Å². The Morgan fingerprint density at radius 3 is 2.64 bits per heavy atom. The van der Waals surface area contributed by atoms with Crippen molar-refractivity contribution in [1.82, 2.24) is 15.0 Å². The normalized spacial score (nSPS) is 15.0. The van der Waals surface area contributed by atoms with Gasteiger partial charge < -0.3 is 9.84 Å². The number of fused-ring (bicyclic) bond motifs is 1. The third kappa shape index (κ3) is 4.09. The summed E-state index contributed by atoms with van der Waals surface area (Å²) in [4.78, 5) is 7.08. The van der Waals surface area contributed by atoms with Crippen molar-refractivity contribution < 1.29 is 4.52 Å². The van der Waals surface area contributed by atoms with Gasteiger partial charge in [0.15, 0.2) is 5.82 Å². The molecule has 1 N–H and O–H groups in total. The highest BCUT2D eigenvalue weighted by atomic mass is 16.5. The number of nitrogens with one attached hydrogen (secondary N) is 1. The third-order valence-corrected chi connectivity index (χ3v) is 5.69. The minimum absolute atomic E-state index is 0.540. The highest BCUT2D eigenvalue weighted by Gasteiger charge is 2.26. The SMILES string of the molecule is CC(C)C(C)N1Cc2cccc(NCc3nc(Cc4ccccc4)no3)c2C1. The molecule has 0 aliphatic carbocycles. The van der Waals surface area contributed by atoms with Crippen LogP contribution in [0.1, 0.15) is 49.2 Å². The van der Waals surface area contributed by atoms with Crippen LogP contribution < -0.4 is 5.32 Å². The van der Waals surface area contributed by atoms with Crippen molar-refractivity contribution in [2.45, 2.75) is 52.9 Å². The number of hydrogen-bond acceptors (Lipinski definition) is 5. The second-order valence-electron chi connectivity index (χ2n) is 7.95. The Labute approximate surface area is 166 Å². The molecule has 0 spiro atoms. The van der Waals surface area contributed by atoms with Crippen molar-refractivity contribution in [3.63, 3.8) is 0 Å². The standard InChI is InChI=1S/C23H28N4O/c1-16(2)17(3)27-14-19-10-7-11-21(20(19)15-27)24-13-23-25-22(26-28-23)12-18-8-5-4-6-9-18/h4-11,16-17,24H,12-15H2,1-3H3. The quantitative estimate of drug-likeness (QED) is 0.651. The third-order valence-electron chi connectivity index (χ3n) is 5.69. The first-order valence-electron chi connectivity index (χ1n) is 10.0. The molecule has 0 amide bonds. The van der Waals surface area contributed by atoms with Gasteiger partial charge in [0.2, 0.25) is 5.89 Å². The lowest BCUT2D eigenvalue weighted by Crippen LogP contribution is -2.32. The van der Waals surface area contributed by atoms with Gasteiger partial charge in [-0.1, -0.05) is 61.5 Å². The van der Waals surface area contributed by atoms with Crippen LogP contribution >= 0.6 is 0 Å². The number of hydrogen-bond donors (Lipinski definition) is 1. The molecule has 0 saturated heterocycles. The van der Waals surface area contributed by atoms with E-state index in [1.807, 2.05) is 18.2 Å². The van der Waals surface area contributed by atoms with E-state index < -0.39 is 0 Å². The topological polar surface area (TPSA) is 54.2 Å². The van der Waals surface area contributed by atoms with E-state index in [4.69, 9.17) is 4.52 Å². The number of aromatic nitrogens is 2. The predicted octanol–water partition coefficient (Wildman–Crippen LogP) is 4.63. The van der Waals surface area contributed by atoms with E-state index in [-0.39, 0.29) is 0 Å². The average Bonchev–Trinajstić information content (AvgIpc) is 3.33. The molecule has 28 heavy (non-hydrogen) atoms. The fraction of sp³-hybridized carbons (Fsp3) is 0.391. The van der Waals surface area contributed by atoms with Gasteiger partial charge in [-0.15, -0.1) is 0 Å². The Bertz CT molecular complexity index is 919. The molecule has 4 rings (SSSR count). The Kier molecular flexibility index (Phi) is 5.44. The number of benzene rings is 2. The molecule has 0 bridgehead atoms. The van der Waals surface area contributed by atoms with Crippen LogP contribution in [0.4, 0.5) is 5.69 Å². The molecule has 3 aromatic rings. The van der Waals surface area contributed by atoms with Crippen molar-refractivity contribution in [3.8, 4) is 0 Å². The van der Waals surface area contributed by atoms with Gasteiger partial charge in [0.1, 0.15) is 0 Å². The number of rotatable bonds is 7. The summed E-state index contributed by atoms with van der Waals surface area (Å²) in [5.41, 5.74) is 5.15. The zero-order valence-corrected chi connectivity index (χ0v) is 16.9. The smallest absolute Gasteiger partial charge is 0.245 e. The molecule has 5 nitrogen and oxygen atoms in total. The van der Waals surface area contributed by atoms with E-state index in [2.05, 4.69) is 71.5 Å². The van der Waals surface area contributed by atoms with Gasteiger partial charge in [-0.25, -0.2) is 0 Å². The maximum absolute atomic E-state index is 5.43. The molecule has 1 aromatic heterocycles. The first-order chi connectivity index (χ1) is 13.6. The van der Waals surface area contributed by atoms with Crippen molar-refractivity contribution in [2.24, 2.45) is 5.92 Å². The molecule has 0 radical (unpaired) electrons. The van der Waals surface area contributed by atoms with Crippen LogP contribution in [-0.4, -0.2) is 21.1 Å². The Morgan fingerprint density at radius 1 is 1.04 bits per heavy atom. The Balaban J connectivity index is 1.40. The summed E-state index contributed by atoms with van der Waals surface area (Å²) >= 11 is 0. The van der Waals surface area contributed by atoms with Crippen molar-refractivity contribution in [2.75, 3.05) is 5.32 Å². The van der Waals surface area contributed by atoms with E-state index >= 15 is 0 Å².